The Labute approximate surface area is 865 Å². The summed E-state index contributed by atoms with van der Waals surface area (Å²) >= 11 is 21.2. The average Bonchev–Trinajstić information content (AvgIpc) is 1.64. The molecule has 0 radical (unpaired) electrons. The summed E-state index contributed by atoms with van der Waals surface area (Å²) in [6.45, 7) is 10.3. The second-order valence-electron chi connectivity index (χ2n) is 29.5. The number of rotatable bonds is 19. The van der Waals surface area contributed by atoms with Crippen molar-refractivity contribution in [3.05, 3.63) is 277 Å². The van der Waals surface area contributed by atoms with Gasteiger partial charge in [0.1, 0.15) is 65.9 Å². The highest BCUT2D eigenvalue weighted by atomic mass is 127. The third kappa shape index (κ3) is 26.7. The quantitative estimate of drug-likeness (QED) is 0.0144. The molecule has 0 bridgehead atoms. The molecule has 0 saturated carbocycles. The number of nitro benzene ring substituents is 2. The minimum Gasteiger partial charge on any atom is -0.382 e. The SMILES string of the molecule is Brc1ccc2noc(-c3ccnc(N4CCOCC4)n3)c2c1.CC(=O)c1ccc2noc(-c3ccnc(N4CCOCC4)n3)c2c1.CSc1nccc(-c2onc3ccc(Br)cc23)n1.CSc1nccc(C(=O)c2cc(Br)ccc2[N+](=O)[O-])n1.CSc1nccc(C(O)c2cc(Br)ccc2[N+](=O)[O-])n1.CSc1nccc(I)n1.Nc1nccc(-c2ccc3noc(-c4ccnc(N5CCOCC5)n4)c3c2)n1. The summed E-state index contributed by atoms with van der Waals surface area (Å²) in [6.07, 6.45) is 19.6. The smallest absolute Gasteiger partial charge is 0.280 e. The standard InChI is InChI=1S/C19H17N7O2.C17H16N4O3.C15H13BrN4O2.C12H10BrN3O3S.C12H8BrN3O3S.C12H8BrN3OS.C5H5IN2S/c20-18-21-5-3-14(23-18)12-1-2-15-13(11-12)17(28-25-15)16-4-6-22-19(24-16)26-7-9-27-10-8-26;1-11(22)12-2-3-14-13(10-12)16(24-20-14)15-4-5-18-17(19-15)21-6-8-23-9-7-21;16-10-1-2-12-11(9-10)14(22-19-12)13-3-4-17-15(18-13)20-5-7-21-8-6-20;2*1-20-12-14-5-4-9(15-12)11(17)8-6-7(13)2-3-10(8)16(18)19;1-18-12-14-5-4-10(15-12)11-8-6-7(13)2-3-9(8)16-17-11;1-9-5-7-3-2-4(6)8-5/h1-6,11H,7-10H2,(H2,20,21,23);2-5,10H,6-9H2,1H3;1-4,9H,5-8H2;2-6,11,17H,1H3;2-6H,1H3;2-6H,1H3;2-3H,1H3. The van der Waals surface area contributed by atoms with E-state index in [9.17, 15) is 34.9 Å². The molecule has 12 aromatic heterocycles. The number of aromatic nitrogens is 20. The molecule has 0 spiro atoms. The van der Waals surface area contributed by atoms with Crippen LogP contribution in [-0.2, 0) is 14.2 Å². The number of ether oxygens (including phenoxy) is 3. The number of nitrogens with two attached hydrogens (primary N) is 1. The van der Waals surface area contributed by atoms with E-state index in [0.717, 1.165) is 118 Å². The Bertz CT molecular complexity index is 7500. The number of Topliss-reactive ketones (excluding diaryl/α,β-unsaturated/α-hetero) is 1. The van der Waals surface area contributed by atoms with E-state index in [1.807, 2.05) is 104 Å². The molecule has 18 aromatic rings. The van der Waals surface area contributed by atoms with E-state index in [2.05, 4.69) is 201 Å². The molecule has 1 unspecified atom stereocenters. The highest BCUT2D eigenvalue weighted by molar-refractivity contribution is 14.1. The van der Waals surface area contributed by atoms with Gasteiger partial charge >= 0.3 is 0 Å². The first-order valence-electron chi connectivity index (χ1n) is 42.2. The van der Waals surface area contributed by atoms with Gasteiger partial charge in [0.05, 0.1) is 88.0 Å². The largest absolute Gasteiger partial charge is 0.382 e. The zero-order valence-corrected chi connectivity index (χ0v) is 86.5. The number of anilines is 4. The molecule has 1 atom stereocenters. The van der Waals surface area contributed by atoms with Crippen molar-refractivity contribution in [2.24, 2.45) is 0 Å². The first-order chi connectivity index (χ1) is 68.5. The van der Waals surface area contributed by atoms with Crippen molar-refractivity contribution < 1.29 is 56.8 Å². The first kappa shape index (κ1) is 102. The Morgan fingerprint density at radius 3 is 1.25 bits per heavy atom. The van der Waals surface area contributed by atoms with Crippen molar-refractivity contribution in [1.82, 2.24) is 100 Å². The van der Waals surface area contributed by atoms with E-state index in [1.54, 1.807) is 85.5 Å². The number of benzene rings is 6. The lowest BCUT2D eigenvalue weighted by molar-refractivity contribution is -0.386. The van der Waals surface area contributed by atoms with Crippen molar-refractivity contribution >= 4 is 224 Å². The Kier molecular flexibility index (Phi) is 35.9. The van der Waals surface area contributed by atoms with Crippen LogP contribution in [0.2, 0.25) is 0 Å². The normalized spacial score (nSPS) is 13.0. The maximum absolute atomic E-state index is 12.4. The van der Waals surface area contributed by atoms with Crippen molar-refractivity contribution in [3.63, 3.8) is 0 Å². The molecule has 3 N–H and O–H groups in total. The van der Waals surface area contributed by atoms with Gasteiger partial charge in [0.15, 0.2) is 49.4 Å². The number of ketones is 2. The van der Waals surface area contributed by atoms with Gasteiger partial charge in [-0.3, -0.25) is 29.8 Å². The Morgan fingerprint density at radius 2 is 0.787 bits per heavy atom. The molecule has 40 nitrogen and oxygen atoms in total. The van der Waals surface area contributed by atoms with E-state index in [-0.39, 0.29) is 39.9 Å². The van der Waals surface area contributed by atoms with Gasteiger partial charge in [0.2, 0.25) is 29.6 Å². The van der Waals surface area contributed by atoms with E-state index in [1.165, 1.54) is 97.1 Å². The van der Waals surface area contributed by atoms with E-state index >= 15 is 0 Å². The zero-order valence-electron chi connectivity index (χ0n) is 74.7. The van der Waals surface area contributed by atoms with Crippen LogP contribution in [0.3, 0.4) is 0 Å². The van der Waals surface area contributed by atoms with Crippen LogP contribution in [0.5, 0.6) is 0 Å². The average molecular weight is 2350 g/mol. The van der Waals surface area contributed by atoms with Gasteiger partial charge in [-0.2, -0.15) is 0 Å². The summed E-state index contributed by atoms with van der Waals surface area (Å²) in [6, 6.07) is 45.3. The molecule has 3 fully saturated rings. The lowest BCUT2D eigenvalue weighted by Gasteiger charge is -2.26. The highest BCUT2D eigenvalue weighted by Gasteiger charge is 2.28. The molecule has 3 aliphatic rings. The molecule has 718 valence electrons. The summed E-state index contributed by atoms with van der Waals surface area (Å²) in [7, 11) is 0. The second kappa shape index (κ2) is 49.5. The lowest BCUT2D eigenvalue weighted by Crippen LogP contribution is -2.37. The number of aliphatic hydroxyl groups excluding tert-OH is 1. The third-order valence-electron chi connectivity index (χ3n) is 20.6. The van der Waals surface area contributed by atoms with Crippen LogP contribution in [0.15, 0.2) is 264 Å². The van der Waals surface area contributed by atoms with Crippen LogP contribution < -0.4 is 20.4 Å². The molecule has 21 rings (SSSR count). The number of aliphatic hydroxyl groups is 1. The first-order valence-corrected chi connectivity index (χ1v) is 51.3. The summed E-state index contributed by atoms with van der Waals surface area (Å²) < 4.78 is 42.3. The lowest BCUT2D eigenvalue weighted by atomic mass is 10.0. The topological polar surface area (TPSA) is 514 Å². The Hall–Kier alpha value is -12.9. The Morgan fingerprint density at radius 1 is 0.411 bits per heavy atom. The van der Waals surface area contributed by atoms with Crippen molar-refractivity contribution in [1.29, 1.82) is 0 Å². The number of nitro groups is 2. The van der Waals surface area contributed by atoms with Crippen molar-refractivity contribution in [3.8, 4) is 57.1 Å². The van der Waals surface area contributed by atoms with Gasteiger partial charge < -0.3 is 57.8 Å². The van der Waals surface area contributed by atoms with E-state index < -0.39 is 21.7 Å². The molecule has 0 amide bonds. The molecule has 3 aliphatic heterocycles. The number of nitrogens with zero attached hydrogens (tertiary/aromatic N) is 25. The second-order valence-corrected chi connectivity index (χ2v) is 37.4. The number of carbonyl (C=O) groups is 2. The van der Waals surface area contributed by atoms with Gasteiger partial charge in [0, 0.05) is 130 Å². The minimum absolute atomic E-state index is 0.000688. The number of morpholine rings is 3. The van der Waals surface area contributed by atoms with Gasteiger partial charge in [-0.1, -0.05) is 137 Å². The Balaban J connectivity index is 0.000000126. The van der Waals surface area contributed by atoms with Gasteiger partial charge in [-0.25, -0.2) is 79.7 Å². The molecular weight excluding hydrogens is 2270 g/mol. The predicted octanol–water partition coefficient (Wildman–Crippen LogP) is 19.0. The molecule has 3 saturated heterocycles. The van der Waals surface area contributed by atoms with Crippen molar-refractivity contribution in [2.45, 2.75) is 33.7 Å². The van der Waals surface area contributed by atoms with Gasteiger partial charge in [0.25, 0.3) is 11.4 Å². The summed E-state index contributed by atoms with van der Waals surface area (Å²) in [5, 5.41) is 54.7. The fraction of sp³-hybridized carbons (Fsp3) is 0.196. The van der Waals surface area contributed by atoms with Crippen LogP contribution in [0, 0.1) is 23.9 Å². The maximum Gasteiger partial charge on any atom is 0.280 e. The zero-order chi connectivity index (χ0) is 99.0. The maximum atomic E-state index is 12.4. The molecule has 0 aliphatic carbocycles. The number of fused-ring (bicyclic) bond motifs is 4. The van der Waals surface area contributed by atoms with Crippen LogP contribution in [-0.4, -0.2) is 231 Å². The number of hydrogen-bond donors (Lipinski definition) is 2. The number of carbonyl (C=O) groups excluding carboxylic acids is 2. The molecule has 15 heterocycles. The van der Waals surface area contributed by atoms with Crippen molar-refractivity contribution in [2.75, 3.05) is 124 Å². The van der Waals surface area contributed by atoms with Crippen LogP contribution in [0.4, 0.5) is 35.2 Å². The number of nitrogen functional groups attached to an aromatic ring is 1. The number of halogens is 5. The van der Waals surface area contributed by atoms with E-state index in [4.69, 9.17) is 38.0 Å². The summed E-state index contributed by atoms with van der Waals surface area (Å²) in [4.78, 5) is 119. The molecule has 49 heteroatoms. The molecule has 141 heavy (non-hydrogen) atoms. The van der Waals surface area contributed by atoms with E-state index in [0.29, 0.717) is 133 Å². The molecular formula is C92H77Br4IN26O14S4. The summed E-state index contributed by atoms with van der Waals surface area (Å²) in [5.41, 5.74) is 14.1. The van der Waals surface area contributed by atoms with Crippen LogP contribution >= 0.6 is 133 Å². The van der Waals surface area contributed by atoms with Crippen LogP contribution in [0.1, 0.15) is 50.7 Å². The third-order valence-corrected chi connectivity index (χ3v) is 25.4. The summed E-state index contributed by atoms with van der Waals surface area (Å²) in [5.74, 6) is 4.19. The predicted molar refractivity (Wildman–Crippen MR) is 555 cm³/mol. The number of hydrogen-bond acceptors (Lipinski definition) is 42. The highest BCUT2D eigenvalue weighted by Crippen LogP contribution is 2.38. The number of thioether (sulfide) groups is 4. The fourth-order valence-electron chi connectivity index (χ4n) is 13.7. The van der Waals surface area contributed by atoms with Crippen LogP contribution in [0.25, 0.3) is 101 Å². The molecule has 6 aromatic carbocycles. The van der Waals surface area contributed by atoms with Gasteiger partial charge in [-0.05, 0) is 194 Å². The fourth-order valence-corrected chi connectivity index (χ4v) is 17.2. The minimum atomic E-state index is -1.18. The van der Waals surface area contributed by atoms with Gasteiger partial charge in [-0.15, -0.1) is 0 Å². The monoisotopic (exact) mass is 2340 g/mol.